The lowest BCUT2D eigenvalue weighted by Crippen LogP contribution is -2.34. The van der Waals surface area contributed by atoms with Crippen molar-refractivity contribution in [1.82, 2.24) is 4.90 Å². The van der Waals surface area contributed by atoms with Crippen LogP contribution in [0.2, 0.25) is 0 Å². The molecule has 2 amide bonds. The first-order valence-electron chi connectivity index (χ1n) is 6.12. The second kappa shape index (κ2) is 5.20. The molecule has 0 aliphatic carbocycles. The lowest BCUT2D eigenvalue weighted by molar-refractivity contribution is -0.384. The number of amides is 2. The van der Waals surface area contributed by atoms with E-state index in [1.165, 1.54) is 12.1 Å². The molecule has 0 unspecified atom stereocenters. The number of nitro groups is 1. The Balaban J connectivity index is 2.30. The Morgan fingerprint density at radius 2 is 1.90 bits per heavy atom. The molecule has 20 heavy (non-hydrogen) atoms. The van der Waals surface area contributed by atoms with E-state index < -0.39 is 16.7 Å². The fraction of sp³-hybridized carbons (Fsp3) is 0.308. The predicted octanol–water partition coefficient (Wildman–Crippen LogP) is 1.56. The van der Waals surface area contributed by atoms with Crippen LogP contribution in [0.25, 0.3) is 0 Å². The molecule has 0 saturated heterocycles. The molecule has 0 atom stereocenters. The Morgan fingerprint density at radius 3 is 2.50 bits per heavy atom. The number of fused-ring (bicyclic) bond motifs is 1. The van der Waals surface area contributed by atoms with E-state index >= 15 is 0 Å². The molecule has 1 aromatic rings. The number of ketones is 1. The zero-order valence-electron chi connectivity index (χ0n) is 10.8. The molecule has 1 aliphatic rings. The van der Waals surface area contributed by atoms with Gasteiger partial charge in [0.2, 0.25) is 0 Å². The molecule has 0 spiro atoms. The maximum Gasteiger partial charge on any atom is 0.270 e. The monoisotopic (exact) mass is 276 g/mol. The van der Waals surface area contributed by atoms with Gasteiger partial charge in [0.05, 0.1) is 22.6 Å². The first-order valence-corrected chi connectivity index (χ1v) is 6.12. The number of nitro benzene ring substituents is 1. The highest BCUT2D eigenvalue weighted by Gasteiger charge is 2.37. The summed E-state index contributed by atoms with van der Waals surface area (Å²) in [5, 5.41) is 10.7. The van der Waals surface area contributed by atoms with E-state index in [4.69, 9.17) is 0 Å². The topological polar surface area (TPSA) is 97.6 Å². The van der Waals surface area contributed by atoms with Gasteiger partial charge in [-0.15, -0.1) is 0 Å². The number of carbonyl (C=O) groups is 3. The van der Waals surface area contributed by atoms with Gasteiger partial charge in [0.15, 0.2) is 5.78 Å². The Bertz CT molecular complexity index is 623. The first-order chi connectivity index (χ1) is 9.45. The van der Waals surface area contributed by atoms with Gasteiger partial charge >= 0.3 is 0 Å². The van der Waals surface area contributed by atoms with Crippen LogP contribution in [0.5, 0.6) is 0 Å². The summed E-state index contributed by atoms with van der Waals surface area (Å²) in [6.07, 6.45) is 0.918. The molecule has 7 nitrogen and oxygen atoms in total. The summed E-state index contributed by atoms with van der Waals surface area (Å²) < 4.78 is 0. The highest BCUT2D eigenvalue weighted by molar-refractivity contribution is 6.22. The van der Waals surface area contributed by atoms with Crippen LogP contribution in [0, 0.1) is 10.1 Å². The summed E-state index contributed by atoms with van der Waals surface area (Å²) in [7, 11) is 0. The van der Waals surface area contributed by atoms with Gasteiger partial charge in [0.1, 0.15) is 0 Å². The number of imide groups is 1. The first kappa shape index (κ1) is 13.9. The number of non-ortho nitro benzene ring substituents is 1. The number of rotatable bonds is 5. The van der Waals surface area contributed by atoms with E-state index in [0.29, 0.717) is 6.42 Å². The summed E-state index contributed by atoms with van der Waals surface area (Å²) in [6, 6.07) is 3.49. The SMILES string of the molecule is CCCC(=O)CN1C(=O)c2ccc([N+](=O)[O-])cc2C1=O. The summed E-state index contributed by atoms with van der Waals surface area (Å²) in [5.41, 5.74) is -0.176. The molecule has 1 heterocycles. The van der Waals surface area contributed by atoms with Gasteiger partial charge in [-0.05, 0) is 12.5 Å². The van der Waals surface area contributed by atoms with Gasteiger partial charge in [0.25, 0.3) is 17.5 Å². The van der Waals surface area contributed by atoms with Gasteiger partial charge in [-0.25, -0.2) is 0 Å². The third kappa shape index (κ3) is 2.29. The fourth-order valence-corrected chi connectivity index (χ4v) is 2.07. The van der Waals surface area contributed by atoms with Crippen LogP contribution in [0.4, 0.5) is 5.69 Å². The maximum atomic E-state index is 12.1. The summed E-state index contributed by atoms with van der Waals surface area (Å²) >= 11 is 0. The number of carbonyl (C=O) groups excluding carboxylic acids is 3. The molecule has 0 radical (unpaired) electrons. The zero-order valence-corrected chi connectivity index (χ0v) is 10.8. The van der Waals surface area contributed by atoms with Gasteiger partial charge in [-0.1, -0.05) is 6.92 Å². The molecule has 0 fully saturated rings. The third-order valence-electron chi connectivity index (χ3n) is 3.03. The maximum absolute atomic E-state index is 12.1. The fourth-order valence-electron chi connectivity index (χ4n) is 2.07. The lowest BCUT2D eigenvalue weighted by Gasteiger charge is -2.11. The van der Waals surface area contributed by atoms with E-state index in [1.54, 1.807) is 0 Å². The standard InChI is InChI=1S/C13H12N2O5/c1-2-3-9(16)7-14-12(17)10-5-4-8(15(19)20)6-11(10)13(14)18/h4-6H,2-3,7H2,1H3. The Hall–Kier alpha value is -2.57. The number of Topliss-reactive ketones (excluding diaryl/α,β-unsaturated/α-hetero) is 1. The van der Waals surface area contributed by atoms with Crippen LogP contribution in [-0.4, -0.2) is 34.0 Å². The van der Waals surface area contributed by atoms with Gasteiger partial charge in [0, 0.05) is 18.6 Å². The minimum atomic E-state index is -0.654. The average molecular weight is 276 g/mol. The molecule has 104 valence electrons. The van der Waals surface area contributed by atoms with Gasteiger partial charge in [-0.2, -0.15) is 0 Å². The molecule has 0 N–H and O–H groups in total. The normalized spacial score (nSPS) is 13.6. The summed E-state index contributed by atoms with van der Waals surface area (Å²) in [5.74, 6) is -1.45. The minimum Gasteiger partial charge on any atom is -0.298 e. The van der Waals surface area contributed by atoms with Crippen LogP contribution in [-0.2, 0) is 4.79 Å². The van der Waals surface area contributed by atoms with E-state index in [0.717, 1.165) is 11.0 Å². The van der Waals surface area contributed by atoms with E-state index in [1.807, 2.05) is 6.92 Å². The van der Waals surface area contributed by atoms with E-state index in [9.17, 15) is 24.5 Å². The molecule has 2 rings (SSSR count). The molecule has 1 aromatic carbocycles. The highest BCUT2D eigenvalue weighted by atomic mass is 16.6. The Labute approximate surface area is 114 Å². The van der Waals surface area contributed by atoms with Crippen LogP contribution < -0.4 is 0 Å². The smallest absolute Gasteiger partial charge is 0.270 e. The van der Waals surface area contributed by atoms with Gasteiger partial charge < -0.3 is 0 Å². The van der Waals surface area contributed by atoms with Crippen LogP contribution in [0.3, 0.4) is 0 Å². The number of hydrogen-bond donors (Lipinski definition) is 0. The Morgan fingerprint density at radius 1 is 1.25 bits per heavy atom. The van der Waals surface area contributed by atoms with Crippen molar-refractivity contribution in [3.05, 3.63) is 39.4 Å². The van der Waals surface area contributed by atoms with E-state index in [2.05, 4.69) is 0 Å². The van der Waals surface area contributed by atoms with Crippen molar-refractivity contribution in [2.45, 2.75) is 19.8 Å². The minimum absolute atomic E-state index is 0.0199. The second-order valence-electron chi connectivity index (χ2n) is 4.47. The summed E-state index contributed by atoms with van der Waals surface area (Å²) in [6.45, 7) is 1.54. The van der Waals surface area contributed by atoms with Crippen molar-refractivity contribution < 1.29 is 19.3 Å². The molecule has 1 aliphatic heterocycles. The van der Waals surface area contributed by atoms with Crippen LogP contribution >= 0.6 is 0 Å². The molecular formula is C13H12N2O5. The van der Waals surface area contributed by atoms with Crippen molar-refractivity contribution in [3.8, 4) is 0 Å². The lowest BCUT2D eigenvalue weighted by atomic mass is 10.1. The third-order valence-corrected chi connectivity index (χ3v) is 3.03. The largest absolute Gasteiger partial charge is 0.298 e. The highest BCUT2D eigenvalue weighted by Crippen LogP contribution is 2.26. The van der Waals surface area contributed by atoms with Crippen molar-refractivity contribution in [2.75, 3.05) is 6.54 Å². The second-order valence-corrected chi connectivity index (χ2v) is 4.47. The molecule has 0 bridgehead atoms. The van der Waals surface area contributed by atoms with Crippen molar-refractivity contribution in [3.63, 3.8) is 0 Å². The van der Waals surface area contributed by atoms with Crippen LogP contribution in [0.1, 0.15) is 40.5 Å². The van der Waals surface area contributed by atoms with Crippen LogP contribution in [0.15, 0.2) is 18.2 Å². The van der Waals surface area contributed by atoms with E-state index in [-0.39, 0.29) is 35.6 Å². The predicted molar refractivity (Wildman–Crippen MR) is 68.4 cm³/mol. The molecule has 0 aromatic heterocycles. The van der Waals surface area contributed by atoms with Crippen molar-refractivity contribution in [1.29, 1.82) is 0 Å². The Kier molecular flexibility index (Phi) is 3.60. The quantitative estimate of drug-likeness (QED) is 0.461. The number of benzene rings is 1. The average Bonchev–Trinajstić information content (AvgIpc) is 2.64. The van der Waals surface area contributed by atoms with Crippen molar-refractivity contribution in [2.24, 2.45) is 0 Å². The van der Waals surface area contributed by atoms with Gasteiger partial charge in [-0.3, -0.25) is 29.4 Å². The molecule has 7 heteroatoms. The summed E-state index contributed by atoms with van der Waals surface area (Å²) in [4.78, 5) is 46.5. The molecular weight excluding hydrogens is 264 g/mol. The number of nitrogens with zero attached hydrogens (tertiary/aromatic N) is 2. The molecule has 0 saturated carbocycles. The zero-order chi connectivity index (χ0) is 14.9. The van der Waals surface area contributed by atoms with Crippen molar-refractivity contribution >= 4 is 23.3 Å². The number of hydrogen-bond acceptors (Lipinski definition) is 5.